The molecule has 0 radical (unpaired) electrons. The van der Waals surface area contributed by atoms with Crippen LogP contribution in [0.1, 0.15) is 44.7 Å². The molecule has 0 N–H and O–H groups in total. The number of hydrogen-bond acceptors (Lipinski definition) is 12. The summed E-state index contributed by atoms with van der Waals surface area (Å²) in [6.45, 7) is 3.38. The molecular formula is C22H22O12. The largest absolute Gasteiger partial charge is 0.543 e. The monoisotopic (exact) mass is 478 g/mol. The molecule has 0 saturated carbocycles. The zero-order valence-electron chi connectivity index (χ0n) is 18.3. The van der Waals surface area contributed by atoms with Crippen LogP contribution in [0.15, 0.2) is 48.5 Å². The van der Waals surface area contributed by atoms with Gasteiger partial charge >= 0.3 is 24.2 Å². The van der Waals surface area contributed by atoms with Crippen molar-refractivity contribution in [2.45, 2.75) is 26.7 Å². The molecule has 0 bridgehead atoms. The first-order chi connectivity index (χ1) is 16.3. The Morgan fingerprint density at radius 2 is 1.03 bits per heavy atom. The number of ether oxygens (including phenoxy) is 2. The molecule has 2 aromatic rings. The molecule has 12 heteroatoms. The Labute approximate surface area is 193 Å². The highest BCUT2D eigenvalue weighted by Gasteiger charge is 2.13. The summed E-state index contributed by atoms with van der Waals surface area (Å²) in [5.41, 5.74) is 2.10. The molecule has 0 amide bonds. The second-order valence-corrected chi connectivity index (χ2v) is 6.69. The molecule has 34 heavy (non-hydrogen) atoms. The summed E-state index contributed by atoms with van der Waals surface area (Å²) < 4.78 is 9.33. The molecule has 0 unspecified atom stereocenters. The summed E-state index contributed by atoms with van der Waals surface area (Å²) in [5.74, 6) is -1.70. The minimum absolute atomic E-state index is 0.100. The van der Waals surface area contributed by atoms with E-state index >= 15 is 0 Å². The Kier molecular flexibility index (Phi) is 10.8. The SMILES string of the molecule is Cc1cccc(C(=O)OOOC(=O)OCCCCOC(=O)OOOC(=O)c2cccc(C)c2)c1. The predicted molar refractivity (Wildman–Crippen MR) is 109 cm³/mol. The first-order valence-corrected chi connectivity index (χ1v) is 9.93. The molecule has 2 aromatic carbocycles. The van der Waals surface area contributed by atoms with Gasteiger partial charge in [-0.15, -0.1) is 0 Å². The smallest absolute Gasteiger partial charge is 0.432 e. The van der Waals surface area contributed by atoms with Gasteiger partial charge in [-0.05, 0) is 51.0 Å². The number of hydrogen-bond donors (Lipinski definition) is 0. The van der Waals surface area contributed by atoms with Crippen molar-refractivity contribution in [2.75, 3.05) is 13.2 Å². The maximum absolute atomic E-state index is 11.7. The highest BCUT2D eigenvalue weighted by Crippen LogP contribution is 2.07. The first-order valence-electron chi connectivity index (χ1n) is 9.93. The van der Waals surface area contributed by atoms with Gasteiger partial charge in [0.25, 0.3) is 0 Å². The van der Waals surface area contributed by atoms with Gasteiger partial charge in [0.2, 0.25) is 0 Å². The second kappa shape index (κ2) is 14.1. The van der Waals surface area contributed by atoms with Crippen LogP contribution in [0.5, 0.6) is 0 Å². The number of rotatable bonds is 11. The number of carbonyl (C=O) groups excluding carboxylic acids is 4. The Hall–Kier alpha value is -4.16. The van der Waals surface area contributed by atoms with Crippen molar-refractivity contribution in [1.82, 2.24) is 0 Å². The van der Waals surface area contributed by atoms with Crippen molar-refractivity contribution in [3.8, 4) is 0 Å². The summed E-state index contributed by atoms with van der Waals surface area (Å²) in [4.78, 5) is 62.9. The third kappa shape index (κ3) is 9.97. The summed E-state index contributed by atoms with van der Waals surface area (Å²) in [7, 11) is 0. The van der Waals surface area contributed by atoms with Crippen molar-refractivity contribution in [3.05, 3.63) is 70.8 Å². The molecular weight excluding hydrogens is 456 g/mol. The molecule has 0 saturated heterocycles. The number of benzene rings is 2. The van der Waals surface area contributed by atoms with Crippen LogP contribution in [0.2, 0.25) is 0 Å². The molecule has 0 atom stereocenters. The fourth-order valence-corrected chi connectivity index (χ4v) is 2.35. The third-order valence-corrected chi connectivity index (χ3v) is 3.91. The van der Waals surface area contributed by atoms with Gasteiger partial charge in [0.1, 0.15) is 0 Å². The standard InChI is InChI=1S/C22H22O12/c1-15-7-5-9-17(13-15)19(23)29-33-31-21(25)27-11-3-4-12-28-22(26)32-34-30-20(24)18-10-6-8-16(2)14-18/h5-10,13-14H,3-4,11-12H2,1-2H3. The van der Waals surface area contributed by atoms with Crippen LogP contribution in [0.4, 0.5) is 9.59 Å². The van der Waals surface area contributed by atoms with Gasteiger partial charge in [0.15, 0.2) is 0 Å². The molecule has 182 valence electrons. The minimum Gasteiger partial charge on any atom is -0.432 e. The number of aryl methyl sites for hydroxylation is 2. The normalized spacial score (nSPS) is 10.1. The van der Waals surface area contributed by atoms with Gasteiger partial charge in [-0.25, -0.2) is 29.0 Å². The van der Waals surface area contributed by atoms with Crippen LogP contribution in [-0.2, 0) is 39.1 Å². The molecule has 0 aliphatic heterocycles. The van der Waals surface area contributed by atoms with Crippen LogP contribution in [0, 0.1) is 13.8 Å². The lowest BCUT2D eigenvalue weighted by molar-refractivity contribution is -0.452. The molecule has 12 nitrogen and oxygen atoms in total. The van der Waals surface area contributed by atoms with Crippen LogP contribution < -0.4 is 0 Å². The molecule has 0 heterocycles. The molecule has 2 rings (SSSR count). The van der Waals surface area contributed by atoms with E-state index in [9.17, 15) is 19.2 Å². The van der Waals surface area contributed by atoms with E-state index in [1.807, 2.05) is 0 Å². The Balaban J connectivity index is 1.46. The van der Waals surface area contributed by atoms with Crippen LogP contribution >= 0.6 is 0 Å². The average molecular weight is 478 g/mol. The van der Waals surface area contributed by atoms with Crippen molar-refractivity contribution < 1.29 is 58.3 Å². The van der Waals surface area contributed by atoms with E-state index in [-0.39, 0.29) is 37.2 Å². The van der Waals surface area contributed by atoms with Crippen molar-refractivity contribution >= 4 is 24.2 Å². The van der Waals surface area contributed by atoms with Crippen molar-refractivity contribution in [2.24, 2.45) is 0 Å². The van der Waals surface area contributed by atoms with Crippen LogP contribution in [0.3, 0.4) is 0 Å². The topological polar surface area (TPSA) is 142 Å². The fraction of sp³-hybridized carbons (Fsp3) is 0.273. The quantitative estimate of drug-likeness (QED) is 0.199. The van der Waals surface area contributed by atoms with E-state index in [0.717, 1.165) is 11.1 Å². The van der Waals surface area contributed by atoms with E-state index in [4.69, 9.17) is 0 Å². The molecule has 0 aliphatic carbocycles. The van der Waals surface area contributed by atoms with E-state index < -0.39 is 24.2 Å². The van der Waals surface area contributed by atoms with Crippen molar-refractivity contribution in [1.29, 1.82) is 0 Å². The van der Waals surface area contributed by atoms with Gasteiger partial charge in [0, 0.05) is 0 Å². The summed E-state index contributed by atoms with van der Waals surface area (Å²) in [6.07, 6.45) is -1.90. The summed E-state index contributed by atoms with van der Waals surface area (Å²) in [6, 6.07) is 13.0. The lowest BCUT2D eigenvalue weighted by Gasteiger charge is -2.05. The number of carbonyl (C=O) groups is 4. The van der Waals surface area contributed by atoms with Gasteiger partial charge in [0.05, 0.1) is 34.4 Å². The molecule has 0 spiro atoms. The van der Waals surface area contributed by atoms with Crippen molar-refractivity contribution in [3.63, 3.8) is 0 Å². The van der Waals surface area contributed by atoms with Crippen LogP contribution in [-0.4, -0.2) is 37.5 Å². The summed E-state index contributed by atoms with van der Waals surface area (Å²) in [5, 5.41) is 8.18. The molecule has 0 aliphatic rings. The first kappa shape index (κ1) is 26.1. The van der Waals surface area contributed by atoms with E-state index in [1.165, 1.54) is 12.1 Å². The van der Waals surface area contributed by atoms with E-state index in [0.29, 0.717) is 0 Å². The highest BCUT2D eigenvalue weighted by atomic mass is 17.5. The maximum Gasteiger partial charge on any atom is 0.543 e. The lowest BCUT2D eigenvalue weighted by atomic mass is 10.1. The van der Waals surface area contributed by atoms with Gasteiger partial charge in [-0.1, -0.05) is 35.4 Å². The van der Waals surface area contributed by atoms with Crippen LogP contribution in [0.25, 0.3) is 0 Å². The average Bonchev–Trinajstić information content (AvgIpc) is 2.81. The Morgan fingerprint density at radius 1 is 0.618 bits per heavy atom. The Bertz CT molecular complexity index is 908. The number of unbranched alkanes of at least 4 members (excludes halogenated alkanes) is 1. The third-order valence-electron chi connectivity index (χ3n) is 3.91. The Morgan fingerprint density at radius 3 is 1.41 bits per heavy atom. The van der Waals surface area contributed by atoms with E-state index in [2.05, 4.69) is 39.1 Å². The maximum atomic E-state index is 11.7. The zero-order valence-corrected chi connectivity index (χ0v) is 18.3. The molecule has 0 aromatic heterocycles. The molecule has 0 fully saturated rings. The van der Waals surface area contributed by atoms with Gasteiger partial charge in [-0.2, -0.15) is 0 Å². The second-order valence-electron chi connectivity index (χ2n) is 6.69. The minimum atomic E-state index is -1.24. The highest BCUT2D eigenvalue weighted by molar-refractivity contribution is 5.89. The van der Waals surface area contributed by atoms with Gasteiger partial charge < -0.3 is 9.47 Å². The van der Waals surface area contributed by atoms with Gasteiger partial charge in [-0.3, -0.25) is 9.78 Å². The predicted octanol–water partition coefficient (Wildman–Crippen LogP) is 4.10. The lowest BCUT2D eigenvalue weighted by Crippen LogP contribution is -2.14. The fourth-order valence-electron chi connectivity index (χ4n) is 2.35. The van der Waals surface area contributed by atoms with E-state index in [1.54, 1.807) is 50.2 Å². The summed E-state index contributed by atoms with van der Waals surface area (Å²) >= 11 is 0. The zero-order chi connectivity index (χ0) is 24.8.